The number of hydrogen-bond donors (Lipinski definition) is 1. The molecule has 14 heavy (non-hydrogen) atoms. The Kier molecular flexibility index (Phi) is 3.86. The lowest BCUT2D eigenvalue weighted by molar-refractivity contribution is -0.116. The summed E-state index contributed by atoms with van der Waals surface area (Å²) < 4.78 is 0. The molecule has 0 heterocycles. The van der Waals surface area contributed by atoms with Gasteiger partial charge in [0.2, 0.25) is 0 Å². The van der Waals surface area contributed by atoms with Gasteiger partial charge in [0.05, 0.1) is 6.10 Å². The van der Waals surface area contributed by atoms with E-state index in [4.69, 9.17) is 11.6 Å². The minimum Gasteiger partial charge on any atom is -0.388 e. The first kappa shape index (κ1) is 11.0. The van der Waals surface area contributed by atoms with Crippen LogP contribution < -0.4 is 0 Å². The maximum absolute atomic E-state index is 11.0. The predicted molar refractivity (Wildman–Crippen MR) is 56.2 cm³/mol. The van der Waals surface area contributed by atoms with Crippen LogP contribution in [-0.2, 0) is 4.79 Å². The summed E-state index contributed by atoms with van der Waals surface area (Å²) in [6.07, 6.45) is 0.488. The van der Waals surface area contributed by atoms with Crippen molar-refractivity contribution in [3.8, 4) is 0 Å². The van der Waals surface area contributed by atoms with Gasteiger partial charge in [-0.2, -0.15) is 0 Å². The van der Waals surface area contributed by atoms with Crippen LogP contribution in [-0.4, -0.2) is 10.9 Å². The minimum atomic E-state index is -0.780. The van der Waals surface area contributed by atoms with Crippen LogP contribution in [0.1, 0.15) is 18.1 Å². The Bertz CT molecular complexity index is 330. The highest BCUT2D eigenvalue weighted by atomic mass is 35.5. The molecule has 0 radical (unpaired) electrons. The molecule has 1 atom stereocenters. The van der Waals surface area contributed by atoms with E-state index in [9.17, 15) is 9.90 Å². The molecule has 1 rings (SSSR count). The van der Waals surface area contributed by atoms with Gasteiger partial charge in [0.15, 0.2) is 5.78 Å². The Morgan fingerprint density at radius 2 is 2.07 bits per heavy atom. The molecule has 0 aliphatic rings. The first-order valence-corrected chi connectivity index (χ1v) is 4.60. The van der Waals surface area contributed by atoms with Crippen molar-refractivity contribution in [1.82, 2.24) is 0 Å². The number of rotatable bonds is 4. The average Bonchev–Trinajstić information content (AvgIpc) is 2.18. The molecule has 0 spiro atoms. The van der Waals surface area contributed by atoms with Gasteiger partial charge in [-0.25, -0.2) is 0 Å². The quantitative estimate of drug-likeness (QED) is 0.776. The van der Waals surface area contributed by atoms with E-state index in [0.717, 1.165) is 0 Å². The molecule has 1 N–H and O–H groups in total. The highest BCUT2D eigenvalue weighted by Gasteiger charge is 2.10. The van der Waals surface area contributed by atoms with E-state index >= 15 is 0 Å². The van der Waals surface area contributed by atoms with E-state index in [1.807, 2.05) is 0 Å². The second kappa shape index (κ2) is 4.94. The SMILES string of the molecule is C=CC(=O)C[C@H](O)c1ccc(Cl)cc1. The third-order valence-electron chi connectivity index (χ3n) is 1.88. The maximum Gasteiger partial charge on any atom is 0.158 e. The summed E-state index contributed by atoms with van der Waals surface area (Å²) in [5, 5.41) is 10.2. The molecule has 0 saturated heterocycles. The Hall–Kier alpha value is -1.12. The van der Waals surface area contributed by atoms with Gasteiger partial charge in [0.25, 0.3) is 0 Å². The molecule has 3 heteroatoms. The molecule has 1 aromatic rings. The van der Waals surface area contributed by atoms with Gasteiger partial charge >= 0.3 is 0 Å². The third-order valence-corrected chi connectivity index (χ3v) is 2.13. The first-order chi connectivity index (χ1) is 6.63. The van der Waals surface area contributed by atoms with Crippen molar-refractivity contribution in [3.05, 3.63) is 47.5 Å². The van der Waals surface area contributed by atoms with Crippen molar-refractivity contribution < 1.29 is 9.90 Å². The molecular weight excluding hydrogens is 200 g/mol. The molecule has 0 fully saturated rings. The fourth-order valence-corrected chi connectivity index (χ4v) is 1.20. The normalized spacial score (nSPS) is 12.1. The molecule has 74 valence electrons. The molecule has 0 saturated carbocycles. The van der Waals surface area contributed by atoms with Gasteiger partial charge in [-0.3, -0.25) is 4.79 Å². The lowest BCUT2D eigenvalue weighted by Crippen LogP contribution is -2.03. The second-order valence-electron chi connectivity index (χ2n) is 2.94. The van der Waals surface area contributed by atoms with Crippen LogP contribution in [0.3, 0.4) is 0 Å². The highest BCUT2D eigenvalue weighted by molar-refractivity contribution is 6.30. The number of aliphatic hydroxyl groups excluding tert-OH is 1. The van der Waals surface area contributed by atoms with E-state index in [0.29, 0.717) is 10.6 Å². The van der Waals surface area contributed by atoms with Gasteiger partial charge in [-0.15, -0.1) is 0 Å². The zero-order valence-corrected chi connectivity index (χ0v) is 8.37. The molecular formula is C11H11ClO2. The van der Waals surface area contributed by atoms with Crippen LogP contribution in [0, 0.1) is 0 Å². The second-order valence-corrected chi connectivity index (χ2v) is 3.38. The number of carbonyl (C=O) groups excluding carboxylic acids is 1. The first-order valence-electron chi connectivity index (χ1n) is 4.22. The lowest BCUT2D eigenvalue weighted by Gasteiger charge is -2.08. The Labute approximate surface area is 87.8 Å². The lowest BCUT2D eigenvalue weighted by atomic mass is 10.0. The standard InChI is InChI=1S/C11H11ClO2/c1-2-10(13)7-11(14)8-3-5-9(12)6-4-8/h2-6,11,14H,1,7H2/t11-/m0/s1. The summed E-state index contributed by atoms with van der Waals surface area (Å²) in [4.78, 5) is 11.0. The predicted octanol–water partition coefficient (Wildman–Crippen LogP) is 2.52. The molecule has 0 amide bonds. The zero-order chi connectivity index (χ0) is 10.6. The van der Waals surface area contributed by atoms with E-state index in [1.165, 1.54) is 6.08 Å². The van der Waals surface area contributed by atoms with Gasteiger partial charge in [0.1, 0.15) is 0 Å². The number of carbonyl (C=O) groups is 1. The van der Waals surface area contributed by atoms with Crippen molar-refractivity contribution in [2.75, 3.05) is 0 Å². The smallest absolute Gasteiger partial charge is 0.158 e. The summed E-state index contributed by atoms with van der Waals surface area (Å²) in [7, 11) is 0. The van der Waals surface area contributed by atoms with Gasteiger partial charge in [-0.1, -0.05) is 30.3 Å². The van der Waals surface area contributed by atoms with E-state index in [-0.39, 0.29) is 12.2 Å². The Balaban J connectivity index is 2.69. The number of ketones is 1. The largest absolute Gasteiger partial charge is 0.388 e. The van der Waals surface area contributed by atoms with Crippen LogP contribution in [0.4, 0.5) is 0 Å². The summed E-state index contributed by atoms with van der Waals surface area (Å²) >= 11 is 5.68. The van der Waals surface area contributed by atoms with E-state index in [2.05, 4.69) is 6.58 Å². The zero-order valence-electron chi connectivity index (χ0n) is 7.61. The van der Waals surface area contributed by atoms with Crippen LogP contribution in [0.2, 0.25) is 5.02 Å². The van der Waals surface area contributed by atoms with Gasteiger partial charge in [0, 0.05) is 11.4 Å². The number of aliphatic hydroxyl groups is 1. The minimum absolute atomic E-state index is 0.0606. The van der Waals surface area contributed by atoms with Gasteiger partial charge < -0.3 is 5.11 Å². The maximum atomic E-state index is 11.0. The topological polar surface area (TPSA) is 37.3 Å². The van der Waals surface area contributed by atoms with Crippen molar-refractivity contribution in [2.45, 2.75) is 12.5 Å². The Morgan fingerprint density at radius 3 is 2.57 bits per heavy atom. The molecule has 1 aromatic carbocycles. The van der Waals surface area contributed by atoms with E-state index in [1.54, 1.807) is 24.3 Å². The highest BCUT2D eigenvalue weighted by Crippen LogP contribution is 2.19. The Morgan fingerprint density at radius 1 is 1.50 bits per heavy atom. The molecule has 0 aliphatic carbocycles. The van der Waals surface area contributed by atoms with Crippen LogP contribution in [0.25, 0.3) is 0 Å². The molecule has 0 bridgehead atoms. The number of allylic oxidation sites excluding steroid dienone is 1. The van der Waals surface area contributed by atoms with Crippen molar-refractivity contribution >= 4 is 17.4 Å². The van der Waals surface area contributed by atoms with Crippen LogP contribution in [0.5, 0.6) is 0 Å². The number of halogens is 1. The van der Waals surface area contributed by atoms with Crippen LogP contribution in [0.15, 0.2) is 36.9 Å². The third kappa shape index (κ3) is 2.98. The molecule has 0 unspecified atom stereocenters. The number of benzene rings is 1. The fourth-order valence-electron chi connectivity index (χ4n) is 1.08. The summed E-state index contributed by atoms with van der Waals surface area (Å²) in [5.41, 5.74) is 0.685. The van der Waals surface area contributed by atoms with E-state index < -0.39 is 6.10 Å². The van der Waals surface area contributed by atoms with Crippen LogP contribution >= 0.6 is 11.6 Å². The monoisotopic (exact) mass is 210 g/mol. The fraction of sp³-hybridized carbons (Fsp3) is 0.182. The van der Waals surface area contributed by atoms with Crippen molar-refractivity contribution in [3.63, 3.8) is 0 Å². The summed E-state index contributed by atoms with van der Waals surface area (Å²) in [6.45, 7) is 3.34. The molecule has 0 aromatic heterocycles. The van der Waals surface area contributed by atoms with Crippen molar-refractivity contribution in [1.29, 1.82) is 0 Å². The summed E-state index contributed by atoms with van der Waals surface area (Å²) in [5.74, 6) is -0.174. The van der Waals surface area contributed by atoms with Gasteiger partial charge in [-0.05, 0) is 23.8 Å². The number of hydrogen-bond acceptors (Lipinski definition) is 2. The molecule has 2 nitrogen and oxygen atoms in total. The molecule has 0 aliphatic heterocycles. The summed E-state index contributed by atoms with van der Waals surface area (Å²) in [6, 6.07) is 6.75. The average molecular weight is 211 g/mol. The van der Waals surface area contributed by atoms with Crippen molar-refractivity contribution in [2.24, 2.45) is 0 Å².